The maximum atomic E-state index is 5.56. The van der Waals surface area contributed by atoms with Crippen molar-refractivity contribution in [3.8, 4) is 0 Å². The zero-order valence-electron chi connectivity index (χ0n) is 15.9. The molecule has 2 atom stereocenters. The lowest BCUT2D eigenvalue weighted by Crippen LogP contribution is -2.52. The van der Waals surface area contributed by atoms with Crippen LogP contribution < -0.4 is 10.6 Å². The number of halogens is 1. The molecule has 5 nitrogen and oxygen atoms in total. The number of hydrogen-bond donors (Lipinski definition) is 2. The van der Waals surface area contributed by atoms with E-state index in [1.807, 2.05) is 0 Å². The third kappa shape index (κ3) is 6.33. The highest BCUT2D eigenvalue weighted by Gasteiger charge is 2.34. The Bertz CT molecular complexity index is 383. The molecular formula is C18H37IN4O. The second kappa shape index (κ2) is 10.8. The molecule has 0 amide bonds. The predicted octanol–water partition coefficient (Wildman–Crippen LogP) is 2.85. The zero-order valence-corrected chi connectivity index (χ0v) is 18.3. The largest absolute Gasteiger partial charge is 0.381 e. The van der Waals surface area contributed by atoms with Gasteiger partial charge < -0.3 is 20.3 Å². The highest BCUT2D eigenvalue weighted by Crippen LogP contribution is 2.26. The number of rotatable bonds is 5. The fraction of sp³-hybridized carbons (Fsp3) is 0.944. The molecule has 0 aromatic carbocycles. The van der Waals surface area contributed by atoms with Crippen LogP contribution in [0.1, 0.15) is 52.4 Å². The van der Waals surface area contributed by atoms with Gasteiger partial charge in [-0.2, -0.15) is 0 Å². The minimum atomic E-state index is 0. The van der Waals surface area contributed by atoms with Gasteiger partial charge in [-0.15, -0.1) is 24.0 Å². The van der Waals surface area contributed by atoms with E-state index in [9.17, 15) is 0 Å². The quantitative estimate of drug-likeness (QED) is 0.383. The summed E-state index contributed by atoms with van der Waals surface area (Å²) in [6.07, 6.45) is 7.35. The lowest BCUT2D eigenvalue weighted by molar-refractivity contribution is -0.00256. The summed E-state index contributed by atoms with van der Waals surface area (Å²) in [5.74, 6) is 1.81. The molecule has 1 saturated carbocycles. The number of nitrogens with one attached hydrogen (secondary N) is 2. The van der Waals surface area contributed by atoms with E-state index in [1.54, 1.807) is 0 Å². The fourth-order valence-electron chi connectivity index (χ4n) is 3.80. The van der Waals surface area contributed by atoms with E-state index in [-0.39, 0.29) is 29.5 Å². The first-order valence-electron chi connectivity index (χ1n) is 9.36. The molecule has 6 heteroatoms. The summed E-state index contributed by atoms with van der Waals surface area (Å²) in [6, 6.07) is 0.571. The third-order valence-corrected chi connectivity index (χ3v) is 5.53. The zero-order chi connectivity index (χ0) is 16.7. The predicted molar refractivity (Wildman–Crippen MR) is 112 cm³/mol. The van der Waals surface area contributed by atoms with E-state index in [0.717, 1.165) is 51.0 Å². The van der Waals surface area contributed by atoms with Gasteiger partial charge in [0.25, 0.3) is 0 Å². The summed E-state index contributed by atoms with van der Waals surface area (Å²) in [7, 11) is 4.34. The average Bonchev–Trinajstić information content (AvgIpc) is 2.54. The standard InChI is InChI=1S/C18H36N4O.HI/c1-5-19-17(21-16-8-6-7-15(2)13-16)20-14-18(22(3)4)9-11-23-12-10-18;/h15-16H,5-14H2,1-4H3,(H2,19,20,21);1H. The molecule has 0 radical (unpaired) electrons. The van der Waals surface area contributed by atoms with Gasteiger partial charge in [-0.25, -0.2) is 0 Å². The molecule has 0 aromatic heterocycles. The van der Waals surface area contributed by atoms with E-state index < -0.39 is 0 Å². The van der Waals surface area contributed by atoms with Crippen LogP contribution in [-0.4, -0.2) is 62.8 Å². The Balaban J connectivity index is 0.00000288. The first-order valence-corrected chi connectivity index (χ1v) is 9.36. The number of aliphatic imine (C=N–C) groups is 1. The van der Waals surface area contributed by atoms with Crippen LogP contribution in [0, 0.1) is 5.92 Å². The normalized spacial score (nSPS) is 27.5. The van der Waals surface area contributed by atoms with E-state index in [4.69, 9.17) is 9.73 Å². The smallest absolute Gasteiger partial charge is 0.191 e. The second-order valence-electron chi connectivity index (χ2n) is 7.54. The van der Waals surface area contributed by atoms with Crippen LogP contribution in [-0.2, 0) is 4.74 Å². The Morgan fingerprint density at radius 3 is 2.54 bits per heavy atom. The van der Waals surface area contributed by atoms with Crippen LogP contribution in [0.2, 0.25) is 0 Å². The Kier molecular flexibility index (Phi) is 9.89. The van der Waals surface area contributed by atoms with Crippen molar-refractivity contribution >= 4 is 29.9 Å². The summed E-state index contributed by atoms with van der Waals surface area (Å²) in [4.78, 5) is 7.29. The number of nitrogens with zero attached hydrogens (tertiary/aromatic N) is 2. The molecule has 1 heterocycles. The number of likely N-dealkylation sites (N-methyl/N-ethyl adjacent to an activating group) is 1. The molecule has 142 valence electrons. The molecule has 1 saturated heterocycles. The van der Waals surface area contributed by atoms with Crippen molar-refractivity contribution in [2.45, 2.75) is 64.0 Å². The molecule has 2 aliphatic rings. The molecule has 2 fully saturated rings. The summed E-state index contributed by atoms with van der Waals surface area (Å²) >= 11 is 0. The van der Waals surface area contributed by atoms with Crippen molar-refractivity contribution in [2.24, 2.45) is 10.9 Å². The first-order chi connectivity index (χ1) is 11.1. The topological polar surface area (TPSA) is 48.9 Å². The van der Waals surface area contributed by atoms with E-state index in [0.29, 0.717) is 6.04 Å². The Labute approximate surface area is 165 Å². The van der Waals surface area contributed by atoms with Gasteiger partial charge in [0.1, 0.15) is 0 Å². The maximum Gasteiger partial charge on any atom is 0.191 e. The molecular weight excluding hydrogens is 415 g/mol. The minimum Gasteiger partial charge on any atom is -0.381 e. The molecule has 0 spiro atoms. The monoisotopic (exact) mass is 452 g/mol. The average molecular weight is 452 g/mol. The van der Waals surface area contributed by atoms with Crippen molar-refractivity contribution in [1.82, 2.24) is 15.5 Å². The van der Waals surface area contributed by atoms with Gasteiger partial charge in [-0.3, -0.25) is 4.99 Å². The molecule has 1 aliphatic heterocycles. The van der Waals surface area contributed by atoms with Crippen molar-refractivity contribution in [2.75, 3.05) is 40.4 Å². The number of guanidine groups is 1. The number of hydrogen-bond acceptors (Lipinski definition) is 3. The van der Waals surface area contributed by atoms with Gasteiger partial charge in [0.15, 0.2) is 5.96 Å². The van der Waals surface area contributed by atoms with E-state index >= 15 is 0 Å². The van der Waals surface area contributed by atoms with Gasteiger partial charge in [-0.1, -0.05) is 19.8 Å². The summed E-state index contributed by atoms with van der Waals surface area (Å²) in [5.41, 5.74) is 0.139. The van der Waals surface area contributed by atoms with Crippen LogP contribution in [0.5, 0.6) is 0 Å². The fourth-order valence-corrected chi connectivity index (χ4v) is 3.80. The van der Waals surface area contributed by atoms with Crippen molar-refractivity contribution in [3.63, 3.8) is 0 Å². The van der Waals surface area contributed by atoms with Gasteiger partial charge in [0, 0.05) is 31.3 Å². The third-order valence-electron chi connectivity index (χ3n) is 5.53. The van der Waals surface area contributed by atoms with Gasteiger partial charge >= 0.3 is 0 Å². The summed E-state index contributed by atoms with van der Waals surface area (Å²) < 4.78 is 5.56. The highest BCUT2D eigenvalue weighted by molar-refractivity contribution is 14.0. The first kappa shape index (κ1) is 22.0. The van der Waals surface area contributed by atoms with Crippen LogP contribution in [0.3, 0.4) is 0 Å². The molecule has 1 aliphatic carbocycles. The van der Waals surface area contributed by atoms with Crippen molar-refractivity contribution < 1.29 is 4.74 Å². The molecule has 2 unspecified atom stereocenters. The lowest BCUT2D eigenvalue weighted by atomic mass is 9.87. The molecule has 0 aromatic rings. The molecule has 2 rings (SSSR count). The van der Waals surface area contributed by atoms with E-state index in [2.05, 4.69) is 43.5 Å². The van der Waals surface area contributed by atoms with Crippen molar-refractivity contribution in [3.05, 3.63) is 0 Å². The number of ether oxygens (including phenoxy) is 1. The van der Waals surface area contributed by atoms with Crippen molar-refractivity contribution in [1.29, 1.82) is 0 Å². The maximum absolute atomic E-state index is 5.56. The Morgan fingerprint density at radius 1 is 1.25 bits per heavy atom. The Hall–Kier alpha value is -0.0800. The summed E-state index contributed by atoms with van der Waals surface area (Å²) in [5, 5.41) is 7.10. The van der Waals surface area contributed by atoms with Crippen LogP contribution in [0.25, 0.3) is 0 Å². The Morgan fingerprint density at radius 2 is 1.96 bits per heavy atom. The van der Waals surface area contributed by atoms with Gasteiger partial charge in [-0.05, 0) is 52.6 Å². The molecule has 2 N–H and O–H groups in total. The second-order valence-corrected chi connectivity index (χ2v) is 7.54. The highest BCUT2D eigenvalue weighted by atomic mass is 127. The van der Waals surface area contributed by atoms with Crippen LogP contribution >= 0.6 is 24.0 Å². The van der Waals surface area contributed by atoms with Gasteiger partial charge in [0.05, 0.1) is 6.54 Å². The molecule has 24 heavy (non-hydrogen) atoms. The lowest BCUT2D eigenvalue weighted by Gasteiger charge is -2.41. The minimum absolute atomic E-state index is 0. The van der Waals surface area contributed by atoms with Crippen LogP contribution in [0.15, 0.2) is 4.99 Å². The SMILES string of the molecule is CCNC(=NCC1(N(C)C)CCOCC1)NC1CCCC(C)C1.I. The summed E-state index contributed by atoms with van der Waals surface area (Å²) in [6.45, 7) is 7.93. The molecule has 0 bridgehead atoms. The van der Waals surface area contributed by atoms with Gasteiger partial charge in [0.2, 0.25) is 0 Å². The van der Waals surface area contributed by atoms with Crippen LogP contribution in [0.4, 0.5) is 0 Å². The van der Waals surface area contributed by atoms with E-state index in [1.165, 1.54) is 25.7 Å².